The minimum Gasteiger partial charge on any atom is -0.470 e. The number of rotatable bonds is 7. The number of piperidine rings is 1. The van der Waals surface area contributed by atoms with Crippen LogP contribution < -0.4 is 0 Å². The van der Waals surface area contributed by atoms with Crippen LogP contribution in [0.1, 0.15) is 42.0 Å². The van der Waals surface area contributed by atoms with Gasteiger partial charge in [-0.25, -0.2) is 4.39 Å². The van der Waals surface area contributed by atoms with Gasteiger partial charge in [0, 0.05) is 24.9 Å². The molecule has 0 unspecified atom stereocenters. The summed E-state index contributed by atoms with van der Waals surface area (Å²) in [5.41, 5.74) is 4.80. The number of likely N-dealkylation sites (tertiary alicyclic amines) is 1. The van der Waals surface area contributed by atoms with Crippen molar-refractivity contribution >= 4 is 11.5 Å². The van der Waals surface area contributed by atoms with Gasteiger partial charge in [0.2, 0.25) is 0 Å². The summed E-state index contributed by atoms with van der Waals surface area (Å²) >= 11 is 0. The highest BCUT2D eigenvalue weighted by atomic mass is 19.1. The molecule has 2 aromatic carbocycles. The van der Waals surface area contributed by atoms with Crippen molar-refractivity contribution in [2.45, 2.75) is 33.6 Å². The fourth-order valence-electron chi connectivity index (χ4n) is 3.90. The summed E-state index contributed by atoms with van der Waals surface area (Å²) < 4.78 is 24.6. The first-order valence-corrected chi connectivity index (χ1v) is 10.7. The van der Waals surface area contributed by atoms with E-state index in [0.717, 1.165) is 47.2 Å². The van der Waals surface area contributed by atoms with E-state index in [4.69, 9.17) is 9.47 Å². The number of benzene rings is 2. The summed E-state index contributed by atoms with van der Waals surface area (Å²) in [5.74, 6) is -0.485. The van der Waals surface area contributed by atoms with E-state index in [1.807, 2.05) is 51.2 Å². The number of carbonyl (C=O) groups is 1. The van der Waals surface area contributed by atoms with Gasteiger partial charge < -0.3 is 14.4 Å². The van der Waals surface area contributed by atoms with Gasteiger partial charge in [0.25, 0.3) is 0 Å². The molecule has 1 aliphatic rings. The molecule has 164 valence electrons. The van der Waals surface area contributed by atoms with Crippen molar-refractivity contribution in [3.05, 3.63) is 89.3 Å². The van der Waals surface area contributed by atoms with Gasteiger partial charge in [-0.2, -0.15) is 0 Å². The molecule has 0 aliphatic carbocycles. The molecule has 0 aromatic heterocycles. The van der Waals surface area contributed by atoms with Crippen molar-refractivity contribution < 1.29 is 18.7 Å². The third-order valence-electron chi connectivity index (χ3n) is 5.52. The van der Waals surface area contributed by atoms with Crippen molar-refractivity contribution in [2.75, 3.05) is 19.7 Å². The van der Waals surface area contributed by atoms with E-state index in [1.54, 1.807) is 18.6 Å². The number of aryl methyl sites for hydroxylation is 2. The second kappa shape index (κ2) is 10.8. The Kier molecular flexibility index (Phi) is 7.88. The number of halogens is 1. The number of esters is 1. The first-order valence-electron chi connectivity index (χ1n) is 10.7. The molecular formula is C26H30FNO3. The van der Waals surface area contributed by atoms with Gasteiger partial charge in [0.1, 0.15) is 12.1 Å². The van der Waals surface area contributed by atoms with Gasteiger partial charge in [-0.15, -0.1) is 0 Å². The van der Waals surface area contributed by atoms with Crippen molar-refractivity contribution in [1.29, 1.82) is 0 Å². The highest BCUT2D eigenvalue weighted by Crippen LogP contribution is 2.29. The van der Waals surface area contributed by atoms with Gasteiger partial charge in [-0.3, -0.25) is 4.79 Å². The highest BCUT2D eigenvalue weighted by molar-refractivity contribution is 5.82. The summed E-state index contributed by atoms with van der Waals surface area (Å²) in [6, 6.07) is 12.8. The van der Waals surface area contributed by atoms with Gasteiger partial charge in [-0.05, 0) is 68.0 Å². The lowest BCUT2D eigenvalue weighted by Crippen LogP contribution is -2.36. The zero-order chi connectivity index (χ0) is 22.2. The minimum absolute atomic E-state index is 0.0988. The van der Waals surface area contributed by atoms with Gasteiger partial charge in [0.15, 0.2) is 0 Å². The zero-order valence-corrected chi connectivity index (χ0v) is 18.4. The number of hydrogen-bond donors (Lipinski definition) is 0. The smallest absolute Gasteiger partial charge is 0.310 e. The lowest BCUT2D eigenvalue weighted by Gasteiger charge is -2.30. The number of ether oxygens (including phenoxy) is 2. The van der Waals surface area contributed by atoms with Crippen LogP contribution in [-0.4, -0.2) is 30.6 Å². The largest absolute Gasteiger partial charge is 0.470 e. The quantitative estimate of drug-likeness (QED) is 0.430. The van der Waals surface area contributed by atoms with E-state index in [-0.39, 0.29) is 17.7 Å². The molecule has 4 nitrogen and oxygen atoms in total. The maximum absolute atomic E-state index is 13.6. The Balaban J connectivity index is 1.77. The third kappa shape index (κ3) is 5.97. The molecule has 3 rings (SSSR count). The third-order valence-corrected chi connectivity index (χ3v) is 5.52. The molecule has 1 aliphatic heterocycles. The molecule has 31 heavy (non-hydrogen) atoms. The topological polar surface area (TPSA) is 38.8 Å². The lowest BCUT2D eigenvalue weighted by atomic mass is 9.92. The summed E-state index contributed by atoms with van der Waals surface area (Å²) in [5, 5.41) is 0. The van der Waals surface area contributed by atoms with Crippen LogP contribution >= 0.6 is 0 Å². The average molecular weight is 424 g/mol. The van der Waals surface area contributed by atoms with Gasteiger partial charge in [-0.1, -0.05) is 30.3 Å². The van der Waals surface area contributed by atoms with Crippen LogP contribution in [0.2, 0.25) is 0 Å². The van der Waals surface area contributed by atoms with E-state index in [2.05, 4.69) is 4.90 Å². The molecule has 0 N–H and O–H groups in total. The predicted molar refractivity (Wildman–Crippen MR) is 121 cm³/mol. The molecule has 0 bridgehead atoms. The fraction of sp³-hybridized carbons (Fsp3) is 0.346. The maximum Gasteiger partial charge on any atom is 0.310 e. The summed E-state index contributed by atoms with van der Waals surface area (Å²) in [6.45, 7) is 7.67. The molecule has 0 saturated carbocycles. The lowest BCUT2D eigenvalue weighted by molar-refractivity contribution is -0.149. The van der Waals surface area contributed by atoms with Crippen LogP contribution in [0.3, 0.4) is 0 Å². The first-order chi connectivity index (χ1) is 15.0. The Morgan fingerprint density at radius 2 is 1.94 bits per heavy atom. The first kappa shape index (κ1) is 22.6. The molecule has 2 aromatic rings. The minimum atomic E-state index is -0.257. The Morgan fingerprint density at radius 1 is 1.16 bits per heavy atom. The summed E-state index contributed by atoms with van der Waals surface area (Å²) in [6.07, 6.45) is 6.99. The van der Waals surface area contributed by atoms with Crippen LogP contribution in [0.4, 0.5) is 4.39 Å². The van der Waals surface area contributed by atoms with Crippen molar-refractivity contribution in [3.63, 3.8) is 0 Å². The molecule has 5 heteroatoms. The van der Waals surface area contributed by atoms with Crippen molar-refractivity contribution in [1.82, 2.24) is 4.90 Å². The van der Waals surface area contributed by atoms with Crippen LogP contribution in [0.25, 0.3) is 5.57 Å². The number of carbonyl (C=O) groups excluding carboxylic acids is 1. The molecule has 1 saturated heterocycles. The fourth-order valence-corrected chi connectivity index (χ4v) is 3.90. The van der Waals surface area contributed by atoms with Crippen LogP contribution in [-0.2, 0) is 14.3 Å². The maximum atomic E-state index is 13.6. The van der Waals surface area contributed by atoms with Gasteiger partial charge in [0.05, 0.1) is 18.8 Å². The van der Waals surface area contributed by atoms with E-state index in [9.17, 15) is 9.18 Å². The van der Waals surface area contributed by atoms with E-state index in [1.165, 1.54) is 12.1 Å². The monoisotopic (exact) mass is 423 g/mol. The average Bonchev–Trinajstić information content (AvgIpc) is 2.76. The SMILES string of the molecule is CCOC(=O)[C@@H]1CCCN(C=COC=C(c2ccccc2C)c2ccc(F)cc2C)C1. The standard InChI is InChI=1S/C26H30FNO3/c1-4-31-26(29)21-9-7-13-28(17-21)14-15-30-18-25(23-10-6-5-8-19(23)2)24-12-11-22(27)16-20(24)3/h5-6,8,10-12,14-16,18,21H,4,7,9,13,17H2,1-3H3/t21-/m1/s1. The molecule has 0 amide bonds. The Bertz CT molecular complexity index is 967. The van der Waals surface area contributed by atoms with Crippen molar-refractivity contribution in [2.24, 2.45) is 5.92 Å². The summed E-state index contributed by atoms with van der Waals surface area (Å²) in [7, 11) is 0. The Hall–Kier alpha value is -3.08. The Labute approximate surface area is 184 Å². The van der Waals surface area contributed by atoms with E-state index in [0.29, 0.717) is 13.2 Å². The molecule has 1 atom stereocenters. The second-order valence-corrected chi connectivity index (χ2v) is 7.81. The van der Waals surface area contributed by atoms with Gasteiger partial charge >= 0.3 is 5.97 Å². The highest BCUT2D eigenvalue weighted by Gasteiger charge is 2.25. The molecule has 1 heterocycles. The molecule has 0 radical (unpaired) electrons. The Morgan fingerprint density at radius 3 is 2.68 bits per heavy atom. The molecule has 0 spiro atoms. The van der Waals surface area contributed by atoms with Crippen molar-refractivity contribution in [3.8, 4) is 0 Å². The normalized spacial score (nSPS) is 17.1. The number of hydrogen-bond acceptors (Lipinski definition) is 4. The van der Waals surface area contributed by atoms with Crippen LogP contribution in [0, 0.1) is 25.6 Å². The van der Waals surface area contributed by atoms with E-state index < -0.39 is 0 Å². The summed E-state index contributed by atoms with van der Waals surface area (Å²) in [4.78, 5) is 14.1. The predicted octanol–water partition coefficient (Wildman–Crippen LogP) is 5.59. The molecular weight excluding hydrogens is 393 g/mol. The second-order valence-electron chi connectivity index (χ2n) is 7.81. The number of nitrogens with zero attached hydrogens (tertiary/aromatic N) is 1. The molecule has 1 fully saturated rings. The van der Waals surface area contributed by atoms with E-state index >= 15 is 0 Å². The zero-order valence-electron chi connectivity index (χ0n) is 18.4. The van der Waals surface area contributed by atoms with Crippen LogP contribution in [0.15, 0.2) is 61.2 Å². The van der Waals surface area contributed by atoms with Crippen LogP contribution in [0.5, 0.6) is 0 Å².